The lowest BCUT2D eigenvalue weighted by Gasteiger charge is -1.61. The number of methoxy groups -OCH3 is 1. The third-order valence-corrected chi connectivity index (χ3v) is 0.425. The highest BCUT2D eigenvalue weighted by atomic mass is 16.4. The molecular formula is C7H13NO3. The third kappa shape index (κ3) is 28.5. The molecule has 0 saturated heterocycles. The van der Waals surface area contributed by atoms with Crippen molar-refractivity contribution in [3.8, 4) is 0 Å². The Balaban J connectivity index is 0. The summed E-state index contributed by atoms with van der Waals surface area (Å²) in [5.41, 5.74) is 4.17. The molecule has 0 unspecified atom stereocenters. The molecule has 4 heteroatoms. The second-order valence-electron chi connectivity index (χ2n) is 1.34. The van der Waals surface area contributed by atoms with Crippen LogP contribution in [0.25, 0.3) is 0 Å². The molecule has 0 spiro atoms. The second kappa shape index (κ2) is 15.9. The molecule has 0 aliphatic heterocycles. The molecule has 0 bridgehead atoms. The Bertz CT molecular complexity index is 111. The SMILES string of the molecule is COC.NC=O.c1ccoc1. The zero-order valence-corrected chi connectivity index (χ0v) is 6.69. The fraction of sp³-hybridized carbons (Fsp3) is 0.286. The summed E-state index contributed by atoms with van der Waals surface area (Å²) in [5.74, 6) is 0. The molecule has 0 aliphatic rings. The molecule has 11 heavy (non-hydrogen) atoms. The summed E-state index contributed by atoms with van der Waals surface area (Å²) in [6, 6.07) is 3.67. The van der Waals surface area contributed by atoms with Crippen LogP contribution in [0, 0.1) is 0 Å². The Morgan fingerprint density at radius 2 is 1.64 bits per heavy atom. The van der Waals surface area contributed by atoms with Crippen LogP contribution in [0.15, 0.2) is 29.1 Å². The minimum absolute atomic E-state index is 0.250. The normalized spacial score (nSPS) is 6.36. The molecule has 0 fully saturated rings. The molecule has 0 radical (unpaired) electrons. The number of furan rings is 1. The molecule has 1 aromatic rings. The first-order chi connectivity index (χ1) is 5.33. The first-order valence-corrected chi connectivity index (χ1v) is 2.86. The van der Waals surface area contributed by atoms with Crippen LogP contribution in [-0.2, 0) is 9.53 Å². The van der Waals surface area contributed by atoms with Gasteiger partial charge in [-0.3, -0.25) is 4.79 Å². The molecular weight excluding hydrogens is 146 g/mol. The maximum atomic E-state index is 8.58. The Morgan fingerprint density at radius 3 is 1.73 bits per heavy atom. The standard InChI is InChI=1S/C4H4O.C2H6O.CH3NO/c1-2-4-5-3-1;1-3-2;2-1-3/h1-4H;1-2H3;1H,(H2,2,3). The summed E-state index contributed by atoms with van der Waals surface area (Å²) in [5, 5.41) is 0. The molecule has 2 N–H and O–H groups in total. The minimum Gasteiger partial charge on any atom is -0.473 e. The van der Waals surface area contributed by atoms with E-state index >= 15 is 0 Å². The van der Waals surface area contributed by atoms with E-state index in [9.17, 15) is 0 Å². The Kier molecular flexibility index (Phi) is 17.9. The predicted octanol–water partition coefficient (Wildman–Crippen LogP) is 0.644. The predicted molar refractivity (Wildman–Crippen MR) is 41.9 cm³/mol. The van der Waals surface area contributed by atoms with Gasteiger partial charge in [0.25, 0.3) is 0 Å². The van der Waals surface area contributed by atoms with E-state index in [0.29, 0.717) is 0 Å². The summed E-state index contributed by atoms with van der Waals surface area (Å²) in [6.45, 7) is 0. The maximum Gasteiger partial charge on any atom is 0.204 e. The van der Waals surface area contributed by atoms with Gasteiger partial charge in [-0.15, -0.1) is 0 Å². The van der Waals surface area contributed by atoms with Gasteiger partial charge in [-0.2, -0.15) is 0 Å². The van der Waals surface area contributed by atoms with Gasteiger partial charge in [0.2, 0.25) is 6.41 Å². The lowest BCUT2D eigenvalue weighted by Crippen LogP contribution is -1.82. The number of primary amides is 1. The average Bonchev–Trinajstić information content (AvgIpc) is 2.44. The molecule has 0 atom stereocenters. The van der Waals surface area contributed by atoms with E-state index in [1.807, 2.05) is 12.1 Å². The summed E-state index contributed by atoms with van der Waals surface area (Å²) < 4.78 is 8.83. The van der Waals surface area contributed by atoms with Crippen molar-refractivity contribution in [3.63, 3.8) is 0 Å². The summed E-state index contributed by atoms with van der Waals surface area (Å²) in [4.78, 5) is 8.58. The molecule has 1 aromatic heterocycles. The largest absolute Gasteiger partial charge is 0.473 e. The van der Waals surface area contributed by atoms with Crippen molar-refractivity contribution in [1.82, 2.24) is 0 Å². The molecule has 0 aromatic carbocycles. The van der Waals surface area contributed by atoms with Crippen LogP contribution in [-0.4, -0.2) is 20.6 Å². The fourth-order valence-electron chi connectivity index (χ4n) is 0.227. The monoisotopic (exact) mass is 159 g/mol. The quantitative estimate of drug-likeness (QED) is 0.565. The van der Waals surface area contributed by atoms with Gasteiger partial charge >= 0.3 is 0 Å². The van der Waals surface area contributed by atoms with E-state index < -0.39 is 0 Å². The minimum atomic E-state index is 0.250. The lowest BCUT2D eigenvalue weighted by molar-refractivity contribution is -0.106. The molecule has 1 amide bonds. The first kappa shape index (κ1) is 12.4. The van der Waals surface area contributed by atoms with E-state index in [2.05, 4.69) is 14.9 Å². The number of rotatable bonds is 0. The lowest BCUT2D eigenvalue weighted by atomic mass is 10.7. The van der Waals surface area contributed by atoms with Gasteiger partial charge in [0.1, 0.15) is 0 Å². The van der Waals surface area contributed by atoms with Gasteiger partial charge in [0.15, 0.2) is 0 Å². The molecule has 1 rings (SSSR count). The van der Waals surface area contributed by atoms with E-state index in [-0.39, 0.29) is 6.41 Å². The van der Waals surface area contributed by atoms with Crippen LogP contribution in [0.4, 0.5) is 0 Å². The summed E-state index contributed by atoms with van der Waals surface area (Å²) in [6.07, 6.45) is 3.50. The van der Waals surface area contributed by atoms with Crippen LogP contribution in [0.1, 0.15) is 0 Å². The highest BCUT2D eigenvalue weighted by Crippen LogP contribution is 1.79. The fourth-order valence-corrected chi connectivity index (χ4v) is 0.227. The zero-order valence-electron chi connectivity index (χ0n) is 6.69. The number of hydrogen-bond acceptors (Lipinski definition) is 3. The van der Waals surface area contributed by atoms with Gasteiger partial charge < -0.3 is 14.9 Å². The Labute approximate surface area is 65.9 Å². The molecule has 64 valence electrons. The van der Waals surface area contributed by atoms with Crippen LogP contribution in [0.5, 0.6) is 0 Å². The molecule has 0 saturated carbocycles. The maximum absolute atomic E-state index is 8.58. The van der Waals surface area contributed by atoms with Crippen molar-refractivity contribution >= 4 is 6.41 Å². The van der Waals surface area contributed by atoms with Gasteiger partial charge in [-0.1, -0.05) is 0 Å². The smallest absolute Gasteiger partial charge is 0.204 e. The molecule has 0 aliphatic carbocycles. The van der Waals surface area contributed by atoms with Crippen LogP contribution >= 0.6 is 0 Å². The highest BCUT2D eigenvalue weighted by molar-refractivity contribution is 5.42. The van der Waals surface area contributed by atoms with E-state index in [4.69, 9.17) is 4.79 Å². The Hall–Kier alpha value is -1.29. The topological polar surface area (TPSA) is 65.5 Å². The third-order valence-electron chi connectivity index (χ3n) is 0.425. The number of carbonyl (C=O) groups is 1. The van der Waals surface area contributed by atoms with Gasteiger partial charge in [0, 0.05) is 14.2 Å². The summed E-state index contributed by atoms with van der Waals surface area (Å²) >= 11 is 0. The highest BCUT2D eigenvalue weighted by Gasteiger charge is 1.58. The van der Waals surface area contributed by atoms with E-state index in [1.165, 1.54) is 0 Å². The number of nitrogens with two attached hydrogens (primary N) is 1. The van der Waals surface area contributed by atoms with E-state index in [0.717, 1.165) is 0 Å². The van der Waals surface area contributed by atoms with E-state index in [1.54, 1.807) is 26.7 Å². The number of ether oxygens (including phenoxy) is 1. The molecule has 4 nitrogen and oxygen atoms in total. The van der Waals surface area contributed by atoms with Crippen molar-refractivity contribution in [2.24, 2.45) is 5.73 Å². The van der Waals surface area contributed by atoms with Crippen LogP contribution < -0.4 is 5.73 Å². The van der Waals surface area contributed by atoms with Crippen LogP contribution in [0.3, 0.4) is 0 Å². The van der Waals surface area contributed by atoms with Crippen LogP contribution in [0.2, 0.25) is 0 Å². The van der Waals surface area contributed by atoms with Crippen molar-refractivity contribution in [2.75, 3.05) is 14.2 Å². The number of carbonyl (C=O) groups excluding carboxylic acids is 1. The first-order valence-electron chi connectivity index (χ1n) is 2.86. The van der Waals surface area contributed by atoms with Gasteiger partial charge in [0.05, 0.1) is 12.5 Å². The van der Waals surface area contributed by atoms with Crippen molar-refractivity contribution in [3.05, 3.63) is 24.7 Å². The average molecular weight is 159 g/mol. The second-order valence-corrected chi connectivity index (χ2v) is 1.34. The number of hydrogen-bond donors (Lipinski definition) is 1. The van der Waals surface area contributed by atoms with Crippen molar-refractivity contribution in [2.45, 2.75) is 0 Å². The Morgan fingerprint density at radius 1 is 1.36 bits per heavy atom. The molecule has 1 heterocycles. The van der Waals surface area contributed by atoms with Gasteiger partial charge in [-0.05, 0) is 12.1 Å². The van der Waals surface area contributed by atoms with Crippen molar-refractivity contribution in [1.29, 1.82) is 0 Å². The number of amides is 1. The van der Waals surface area contributed by atoms with Gasteiger partial charge in [-0.25, -0.2) is 0 Å². The zero-order chi connectivity index (χ0) is 8.95. The summed E-state index contributed by atoms with van der Waals surface area (Å²) in [7, 11) is 3.25. The van der Waals surface area contributed by atoms with Crippen molar-refractivity contribution < 1.29 is 13.9 Å².